The van der Waals surface area contributed by atoms with Gasteiger partial charge in [0.05, 0.1) is 10.6 Å². The fraction of sp³-hybridized carbons (Fsp3) is 0.467. The summed E-state index contributed by atoms with van der Waals surface area (Å²) in [5, 5.41) is 15.5. The fourth-order valence-electron chi connectivity index (χ4n) is 2.80. The van der Waals surface area contributed by atoms with E-state index >= 15 is 0 Å². The molecule has 1 aromatic carbocycles. The Hall–Kier alpha value is -1.75. The van der Waals surface area contributed by atoms with Crippen molar-refractivity contribution in [2.75, 3.05) is 0 Å². The third kappa shape index (κ3) is 3.47. The predicted molar refractivity (Wildman–Crippen MR) is 82.8 cm³/mol. The average Bonchev–Trinajstić information content (AvgIpc) is 2.73. The maximum absolute atomic E-state index is 12.5. The van der Waals surface area contributed by atoms with E-state index in [0.717, 1.165) is 25.7 Å². The Morgan fingerprint density at radius 2 is 1.86 bits per heavy atom. The predicted octanol–water partition coefficient (Wildman–Crippen LogP) is 2.91. The molecule has 1 aromatic rings. The van der Waals surface area contributed by atoms with Crippen molar-refractivity contribution in [3.63, 3.8) is 0 Å². The number of nitrogens with two attached hydrogens (primary N) is 1. The summed E-state index contributed by atoms with van der Waals surface area (Å²) in [6.07, 6.45) is 5.36. The first-order valence-corrected chi connectivity index (χ1v) is 7.52. The van der Waals surface area contributed by atoms with Gasteiger partial charge in [-0.3, -0.25) is 4.79 Å². The third-order valence-electron chi connectivity index (χ3n) is 4.03. The Bertz CT molecular complexity index is 537. The van der Waals surface area contributed by atoms with Crippen LogP contribution in [0.25, 0.3) is 0 Å². The molecule has 114 valence electrons. The molecule has 5 nitrogen and oxygen atoms in total. The molecular formula is C15H20ClN3O2. The number of halogens is 1. The molecule has 21 heavy (non-hydrogen) atoms. The monoisotopic (exact) mass is 309 g/mol. The van der Waals surface area contributed by atoms with Crippen LogP contribution in [0.3, 0.4) is 0 Å². The second-order valence-electron chi connectivity index (χ2n) is 5.42. The van der Waals surface area contributed by atoms with Crippen molar-refractivity contribution in [1.29, 1.82) is 0 Å². The summed E-state index contributed by atoms with van der Waals surface area (Å²) >= 11 is 6.06. The lowest BCUT2D eigenvalue weighted by Crippen LogP contribution is -2.57. The zero-order valence-corrected chi connectivity index (χ0v) is 12.6. The molecule has 0 saturated heterocycles. The number of benzene rings is 1. The van der Waals surface area contributed by atoms with Gasteiger partial charge in [0.2, 0.25) is 0 Å². The van der Waals surface area contributed by atoms with Crippen molar-refractivity contribution in [2.24, 2.45) is 10.9 Å². The van der Waals surface area contributed by atoms with Crippen LogP contribution >= 0.6 is 11.6 Å². The van der Waals surface area contributed by atoms with Gasteiger partial charge in [-0.05, 0) is 25.0 Å². The van der Waals surface area contributed by atoms with E-state index in [-0.39, 0.29) is 11.7 Å². The van der Waals surface area contributed by atoms with Gasteiger partial charge in [0.1, 0.15) is 5.54 Å². The minimum absolute atomic E-state index is 0.0600. The zero-order chi connectivity index (χ0) is 15.3. The van der Waals surface area contributed by atoms with Gasteiger partial charge in [0, 0.05) is 0 Å². The Morgan fingerprint density at radius 1 is 1.24 bits per heavy atom. The van der Waals surface area contributed by atoms with E-state index in [9.17, 15) is 4.79 Å². The van der Waals surface area contributed by atoms with Crippen LogP contribution in [0.5, 0.6) is 0 Å². The quantitative estimate of drug-likeness (QED) is 0.264. The first-order chi connectivity index (χ1) is 10.1. The molecule has 1 amide bonds. The zero-order valence-electron chi connectivity index (χ0n) is 11.8. The molecule has 2 rings (SSSR count). The number of amidine groups is 1. The van der Waals surface area contributed by atoms with Crippen LogP contribution in [0, 0.1) is 0 Å². The Kier molecular flexibility index (Phi) is 5.07. The third-order valence-corrected chi connectivity index (χ3v) is 4.36. The lowest BCUT2D eigenvalue weighted by molar-refractivity contribution is 0.0915. The van der Waals surface area contributed by atoms with E-state index < -0.39 is 5.54 Å². The standard InChI is InChI=1S/C15H20ClN3O2/c16-12-8-4-3-7-11(12)13(20)18-15(14(17)19-21)9-5-1-2-6-10-15/h3-4,7-8,21H,1-2,5-6,9-10H2,(H2,17,19)(H,18,20). The van der Waals surface area contributed by atoms with Gasteiger partial charge in [0.15, 0.2) is 5.84 Å². The molecule has 0 heterocycles. The highest BCUT2D eigenvalue weighted by molar-refractivity contribution is 6.33. The highest BCUT2D eigenvalue weighted by Crippen LogP contribution is 2.28. The number of nitrogens with zero attached hydrogens (tertiary/aromatic N) is 1. The maximum Gasteiger partial charge on any atom is 0.253 e. The van der Waals surface area contributed by atoms with Crippen LogP contribution in [-0.4, -0.2) is 22.5 Å². The van der Waals surface area contributed by atoms with Gasteiger partial charge in [-0.15, -0.1) is 0 Å². The Morgan fingerprint density at radius 3 is 2.43 bits per heavy atom. The lowest BCUT2D eigenvalue weighted by atomic mass is 9.88. The number of amides is 1. The molecule has 1 saturated carbocycles. The molecule has 0 aromatic heterocycles. The van der Waals surface area contributed by atoms with Crippen LogP contribution < -0.4 is 11.1 Å². The number of carbonyl (C=O) groups excluding carboxylic acids is 1. The van der Waals surface area contributed by atoms with Crippen molar-refractivity contribution in [3.8, 4) is 0 Å². The first-order valence-electron chi connectivity index (χ1n) is 7.14. The largest absolute Gasteiger partial charge is 0.409 e. The lowest BCUT2D eigenvalue weighted by Gasteiger charge is -2.32. The highest BCUT2D eigenvalue weighted by Gasteiger charge is 2.37. The summed E-state index contributed by atoms with van der Waals surface area (Å²) < 4.78 is 0. The molecule has 1 aliphatic carbocycles. The summed E-state index contributed by atoms with van der Waals surface area (Å²) in [6.45, 7) is 0. The van der Waals surface area contributed by atoms with E-state index in [2.05, 4.69) is 10.5 Å². The smallest absolute Gasteiger partial charge is 0.253 e. The summed E-state index contributed by atoms with van der Waals surface area (Å²) in [5.41, 5.74) is 5.48. The van der Waals surface area contributed by atoms with E-state index in [0.29, 0.717) is 23.4 Å². The van der Waals surface area contributed by atoms with Crippen LogP contribution in [-0.2, 0) is 0 Å². The summed E-state index contributed by atoms with van der Waals surface area (Å²) in [6, 6.07) is 6.85. The second kappa shape index (κ2) is 6.80. The number of hydrogen-bond acceptors (Lipinski definition) is 3. The van der Waals surface area contributed by atoms with Crippen molar-refractivity contribution in [1.82, 2.24) is 5.32 Å². The van der Waals surface area contributed by atoms with Crippen LogP contribution in [0.15, 0.2) is 29.4 Å². The van der Waals surface area contributed by atoms with Crippen molar-refractivity contribution in [3.05, 3.63) is 34.9 Å². The van der Waals surface area contributed by atoms with Crippen molar-refractivity contribution < 1.29 is 10.0 Å². The topological polar surface area (TPSA) is 87.7 Å². The summed E-state index contributed by atoms with van der Waals surface area (Å²) in [7, 11) is 0. The highest BCUT2D eigenvalue weighted by atomic mass is 35.5. The molecule has 1 fully saturated rings. The molecule has 1 aliphatic rings. The van der Waals surface area contributed by atoms with Crippen molar-refractivity contribution in [2.45, 2.75) is 44.1 Å². The van der Waals surface area contributed by atoms with Gasteiger partial charge in [-0.25, -0.2) is 0 Å². The number of hydrogen-bond donors (Lipinski definition) is 3. The molecule has 0 unspecified atom stereocenters. The fourth-order valence-corrected chi connectivity index (χ4v) is 3.02. The molecule has 0 spiro atoms. The molecule has 6 heteroatoms. The molecule has 0 radical (unpaired) electrons. The van der Waals surface area contributed by atoms with Crippen LogP contribution in [0.2, 0.25) is 5.02 Å². The van der Waals surface area contributed by atoms with E-state index in [1.807, 2.05) is 0 Å². The average molecular weight is 310 g/mol. The maximum atomic E-state index is 12.5. The number of oxime groups is 1. The van der Waals surface area contributed by atoms with Gasteiger partial charge >= 0.3 is 0 Å². The Balaban J connectivity index is 2.27. The number of nitrogens with one attached hydrogen (secondary N) is 1. The van der Waals surface area contributed by atoms with Crippen LogP contribution in [0.1, 0.15) is 48.9 Å². The molecule has 0 bridgehead atoms. The van der Waals surface area contributed by atoms with Gasteiger partial charge in [-0.1, -0.05) is 54.6 Å². The summed E-state index contributed by atoms with van der Waals surface area (Å²) in [5.74, 6) is -0.237. The van der Waals surface area contributed by atoms with E-state index in [1.165, 1.54) is 0 Å². The SMILES string of the molecule is N/C(=N/O)C1(NC(=O)c2ccccc2Cl)CCCCCC1. The summed E-state index contributed by atoms with van der Waals surface area (Å²) in [4.78, 5) is 12.5. The number of carbonyl (C=O) groups is 1. The first kappa shape index (κ1) is 15.6. The minimum Gasteiger partial charge on any atom is -0.409 e. The molecule has 0 aliphatic heterocycles. The van der Waals surface area contributed by atoms with Crippen LogP contribution in [0.4, 0.5) is 0 Å². The van der Waals surface area contributed by atoms with Gasteiger partial charge in [0.25, 0.3) is 5.91 Å². The minimum atomic E-state index is -0.790. The van der Waals surface area contributed by atoms with Gasteiger partial charge in [-0.2, -0.15) is 0 Å². The normalized spacial score (nSPS) is 18.8. The second-order valence-corrected chi connectivity index (χ2v) is 5.82. The molecule has 0 atom stereocenters. The van der Waals surface area contributed by atoms with E-state index in [1.54, 1.807) is 24.3 Å². The van der Waals surface area contributed by atoms with E-state index in [4.69, 9.17) is 22.5 Å². The van der Waals surface area contributed by atoms with Gasteiger partial charge < -0.3 is 16.3 Å². The molecule has 4 N–H and O–H groups in total. The molecular weight excluding hydrogens is 290 g/mol. The Labute approximate surface area is 129 Å². The number of rotatable bonds is 3. The van der Waals surface area contributed by atoms with Crippen molar-refractivity contribution >= 4 is 23.3 Å².